The van der Waals surface area contributed by atoms with E-state index in [1.807, 2.05) is 0 Å². The standard InChI is InChI=1S/C18H12ClN7O4/c19-16-12(4-3-7-20-16)23-15(27)9-24-10-21-17-11(18(24)28)8-22-25(17)13-5-1-2-6-14(13)26(29)30/h1-8,10H,9H2,(H,23,27). The summed E-state index contributed by atoms with van der Waals surface area (Å²) in [6.45, 7) is -0.316. The van der Waals surface area contributed by atoms with Gasteiger partial charge in [0.15, 0.2) is 10.8 Å². The average molecular weight is 426 g/mol. The highest BCUT2D eigenvalue weighted by molar-refractivity contribution is 6.32. The van der Waals surface area contributed by atoms with Gasteiger partial charge < -0.3 is 5.32 Å². The van der Waals surface area contributed by atoms with Crippen LogP contribution < -0.4 is 10.9 Å². The lowest BCUT2D eigenvalue weighted by atomic mass is 10.2. The molecule has 0 spiro atoms. The fourth-order valence-corrected chi connectivity index (χ4v) is 3.03. The van der Waals surface area contributed by atoms with Crippen LogP contribution in [-0.4, -0.2) is 35.1 Å². The number of fused-ring (bicyclic) bond motifs is 1. The molecule has 0 saturated carbocycles. The molecule has 3 aromatic heterocycles. The lowest BCUT2D eigenvalue weighted by Crippen LogP contribution is -2.28. The first-order chi connectivity index (χ1) is 14.5. The van der Waals surface area contributed by atoms with Crippen LogP contribution in [-0.2, 0) is 11.3 Å². The molecule has 0 fully saturated rings. The van der Waals surface area contributed by atoms with Crippen molar-refractivity contribution in [2.45, 2.75) is 6.54 Å². The number of hydrogen-bond acceptors (Lipinski definition) is 7. The Morgan fingerprint density at radius 1 is 1.20 bits per heavy atom. The Hall–Kier alpha value is -4.12. The molecule has 12 heteroatoms. The minimum absolute atomic E-state index is 0.114. The summed E-state index contributed by atoms with van der Waals surface area (Å²) in [5, 5.41) is 18.2. The highest BCUT2D eigenvalue weighted by atomic mass is 35.5. The lowest BCUT2D eigenvalue weighted by molar-refractivity contribution is -0.384. The molecule has 0 aliphatic carbocycles. The molecule has 3 heterocycles. The van der Waals surface area contributed by atoms with E-state index in [9.17, 15) is 19.7 Å². The first-order valence-corrected chi connectivity index (χ1v) is 8.91. The van der Waals surface area contributed by atoms with Crippen LogP contribution in [0.3, 0.4) is 0 Å². The van der Waals surface area contributed by atoms with E-state index in [0.717, 1.165) is 4.57 Å². The summed E-state index contributed by atoms with van der Waals surface area (Å²) in [7, 11) is 0. The molecule has 4 rings (SSSR count). The number of nitro benzene ring substituents is 1. The van der Waals surface area contributed by atoms with Crippen molar-refractivity contribution in [1.29, 1.82) is 0 Å². The van der Waals surface area contributed by atoms with Crippen LogP contribution in [0.1, 0.15) is 0 Å². The number of pyridine rings is 1. The topological polar surface area (TPSA) is 138 Å². The minimum atomic E-state index is -0.544. The maximum absolute atomic E-state index is 12.8. The molecule has 0 atom stereocenters. The molecular weight excluding hydrogens is 414 g/mol. The fraction of sp³-hybridized carbons (Fsp3) is 0.0556. The van der Waals surface area contributed by atoms with Gasteiger partial charge in [0.1, 0.15) is 23.9 Å². The van der Waals surface area contributed by atoms with Gasteiger partial charge in [0.2, 0.25) is 5.91 Å². The van der Waals surface area contributed by atoms with Crippen molar-refractivity contribution >= 4 is 39.9 Å². The molecule has 1 aromatic carbocycles. The number of benzene rings is 1. The van der Waals surface area contributed by atoms with Crippen molar-refractivity contribution < 1.29 is 9.72 Å². The molecular formula is C18H12ClN7O4. The van der Waals surface area contributed by atoms with Crippen molar-refractivity contribution in [3.63, 3.8) is 0 Å². The second-order valence-electron chi connectivity index (χ2n) is 6.11. The van der Waals surface area contributed by atoms with Crippen molar-refractivity contribution in [3.05, 3.63) is 80.7 Å². The van der Waals surface area contributed by atoms with Gasteiger partial charge >= 0.3 is 0 Å². The normalized spacial score (nSPS) is 10.8. The van der Waals surface area contributed by atoms with Crippen LogP contribution in [0.2, 0.25) is 5.15 Å². The van der Waals surface area contributed by atoms with Gasteiger partial charge in [-0.15, -0.1) is 0 Å². The molecule has 11 nitrogen and oxygen atoms in total. The molecule has 30 heavy (non-hydrogen) atoms. The maximum Gasteiger partial charge on any atom is 0.294 e. The number of rotatable bonds is 5. The Balaban J connectivity index is 1.67. The Kier molecular flexibility index (Phi) is 4.94. The highest BCUT2D eigenvalue weighted by Crippen LogP contribution is 2.24. The minimum Gasteiger partial charge on any atom is -0.322 e. The van der Waals surface area contributed by atoms with Crippen molar-refractivity contribution in [2.75, 3.05) is 5.32 Å². The Labute approximate surface area is 172 Å². The number of nitrogens with one attached hydrogen (secondary N) is 1. The molecule has 1 amide bonds. The first-order valence-electron chi connectivity index (χ1n) is 8.53. The average Bonchev–Trinajstić information content (AvgIpc) is 3.16. The van der Waals surface area contributed by atoms with Crippen LogP contribution in [0.15, 0.2) is 59.9 Å². The van der Waals surface area contributed by atoms with Crippen LogP contribution in [0.4, 0.5) is 11.4 Å². The second-order valence-corrected chi connectivity index (χ2v) is 6.47. The quantitative estimate of drug-likeness (QED) is 0.294. The Morgan fingerprint density at radius 2 is 2.00 bits per heavy atom. The molecule has 0 bridgehead atoms. The van der Waals surface area contributed by atoms with Gasteiger partial charge in [-0.3, -0.25) is 24.3 Å². The molecule has 0 aliphatic heterocycles. The van der Waals surface area contributed by atoms with E-state index in [1.165, 1.54) is 41.6 Å². The van der Waals surface area contributed by atoms with E-state index in [2.05, 4.69) is 20.4 Å². The number of nitro groups is 1. The van der Waals surface area contributed by atoms with E-state index >= 15 is 0 Å². The first kappa shape index (κ1) is 19.2. The largest absolute Gasteiger partial charge is 0.322 e. The number of aromatic nitrogens is 5. The lowest BCUT2D eigenvalue weighted by Gasteiger charge is -2.08. The summed E-state index contributed by atoms with van der Waals surface area (Å²) in [6.07, 6.45) is 3.92. The summed E-state index contributed by atoms with van der Waals surface area (Å²) in [5.41, 5.74) is -0.0682. The third-order valence-electron chi connectivity index (χ3n) is 4.21. The summed E-state index contributed by atoms with van der Waals surface area (Å²) in [6, 6.07) is 9.17. The number of amides is 1. The number of para-hydroxylation sites is 2. The molecule has 1 N–H and O–H groups in total. The Bertz CT molecular complexity index is 1350. The van der Waals surface area contributed by atoms with E-state index in [0.29, 0.717) is 5.69 Å². The van der Waals surface area contributed by atoms with Gasteiger partial charge in [-0.1, -0.05) is 23.7 Å². The van der Waals surface area contributed by atoms with E-state index in [-0.39, 0.29) is 34.1 Å². The van der Waals surface area contributed by atoms with Gasteiger partial charge in [-0.05, 0) is 18.2 Å². The molecule has 4 aromatic rings. The van der Waals surface area contributed by atoms with Crippen molar-refractivity contribution in [1.82, 2.24) is 24.3 Å². The van der Waals surface area contributed by atoms with E-state index in [4.69, 9.17) is 11.6 Å². The van der Waals surface area contributed by atoms with Crippen LogP contribution >= 0.6 is 11.6 Å². The smallest absolute Gasteiger partial charge is 0.294 e. The van der Waals surface area contributed by atoms with Crippen LogP contribution in [0.5, 0.6) is 0 Å². The van der Waals surface area contributed by atoms with Crippen LogP contribution in [0.25, 0.3) is 16.7 Å². The van der Waals surface area contributed by atoms with Gasteiger partial charge in [0.25, 0.3) is 11.2 Å². The predicted molar refractivity (Wildman–Crippen MR) is 108 cm³/mol. The monoisotopic (exact) mass is 425 g/mol. The van der Waals surface area contributed by atoms with Gasteiger partial charge in [0.05, 0.1) is 16.8 Å². The summed E-state index contributed by atoms with van der Waals surface area (Å²) in [4.78, 5) is 43.8. The molecule has 0 radical (unpaired) electrons. The number of hydrogen-bond donors (Lipinski definition) is 1. The number of carbonyl (C=O) groups is 1. The zero-order chi connectivity index (χ0) is 21.3. The van der Waals surface area contributed by atoms with E-state index < -0.39 is 16.4 Å². The zero-order valence-corrected chi connectivity index (χ0v) is 15.9. The fourth-order valence-electron chi connectivity index (χ4n) is 2.86. The van der Waals surface area contributed by atoms with Crippen molar-refractivity contribution in [2.24, 2.45) is 0 Å². The highest BCUT2D eigenvalue weighted by Gasteiger charge is 2.19. The third kappa shape index (κ3) is 3.49. The number of anilines is 1. The maximum atomic E-state index is 12.8. The van der Waals surface area contributed by atoms with E-state index in [1.54, 1.807) is 18.2 Å². The van der Waals surface area contributed by atoms with Gasteiger partial charge in [-0.25, -0.2) is 14.6 Å². The van der Waals surface area contributed by atoms with Crippen LogP contribution in [0, 0.1) is 10.1 Å². The molecule has 0 unspecified atom stereocenters. The molecule has 0 saturated heterocycles. The van der Waals surface area contributed by atoms with Gasteiger partial charge in [-0.2, -0.15) is 5.10 Å². The third-order valence-corrected chi connectivity index (χ3v) is 4.51. The van der Waals surface area contributed by atoms with Gasteiger partial charge in [0, 0.05) is 12.3 Å². The number of carbonyl (C=O) groups excluding carboxylic acids is 1. The zero-order valence-electron chi connectivity index (χ0n) is 15.1. The molecule has 150 valence electrons. The van der Waals surface area contributed by atoms with Crippen molar-refractivity contribution in [3.8, 4) is 5.69 Å². The predicted octanol–water partition coefficient (Wildman–Crippen LogP) is 2.18. The molecule has 0 aliphatic rings. The second kappa shape index (κ2) is 7.72. The number of nitrogens with zero attached hydrogens (tertiary/aromatic N) is 6. The summed E-state index contributed by atoms with van der Waals surface area (Å²) in [5.74, 6) is -0.501. The SMILES string of the molecule is O=C(Cn1cnc2c(cnn2-c2ccccc2[N+](=O)[O-])c1=O)Nc1cccnc1Cl. The number of halogens is 1. The summed E-state index contributed by atoms with van der Waals surface area (Å²) >= 11 is 5.91. The summed E-state index contributed by atoms with van der Waals surface area (Å²) < 4.78 is 2.32. The Morgan fingerprint density at radius 3 is 2.77 bits per heavy atom.